The second-order valence-corrected chi connectivity index (χ2v) is 6.44. The molecule has 24 heavy (non-hydrogen) atoms. The van der Waals surface area contributed by atoms with Gasteiger partial charge in [0.1, 0.15) is 0 Å². The van der Waals surface area contributed by atoms with Crippen LogP contribution < -0.4 is 16.4 Å². The summed E-state index contributed by atoms with van der Waals surface area (Å²) >= 11 is 1.22. The number of nitrogens with two attached hydrogens (primary N) is 1. The van der Waals surface area contributed by atoms with Crippen molar-refractivity contribution in [3.63, 3.8) is 0 Å². The van der Waals surface area contributed by atoms with E-state index < -0.39 is 5.91 Å². The molecule has 124 valence electrons. The Morgan fingerprint density at radius 2 is 2.04 bits per heavy atom. The number of aromatic nitrogens is 1. The van der Waals surface area contributed by atoms with Crippen LogP contribution in [0.25, 0.3) is 0 Å². The lowest BCUT2D eigenvalue weighted by molar-refractivity contribution is -0.118. The number of amides is 3. The van der Waals surface area contributed by atoms with E-state index >= 15 is 0 Å². The number of nitrogens with zero attached hydrogens (tertiary/aromatic N) is 1. The molecule has 0 bridgehead atoms. The maximum Gasteiger partial charge on any atom is 0.257 e. The van der Waals surface area contributed by atoms with Crippen molar-refractivity contribution in [1.29, 1.82) is 0 Å². The van der Waals surface area contributed by atoms with Crippen LogP contribution in [0.4, 0.5) is 10.8 Å². The number of primary amides is 1. The maximum absolute atomic E-state index is 12.3. The molecule has 0 aliphatic heterocycles. The van der Waals surface area contributed by atoms with Crippen molar-refractivity contribution in [2.75, 3.05) is 10.6 Å². The third kappa shape index (κ3) is 4.17. The van der Waals surface area contributed by atoms with E-state index in [2.05, 4.69) is 15.6 Å². The fourth-order valence-corrected chi connectivity index (χ4v) is 2.83. The zero-order valence-corrected chi connectivity index (χ0v) is 13.6. The fourth-order valence-electron chi connectivity index (χ4n) is 2.12. The number of nitrogens with one attached hydrogen (secondary N) is 2. The predicted molar refractivity (Wildman–Crippen MR) is 90.8 cm³/mol. The molecule has 1 aromatic carbocycles. The molecule has 1 aliphatic carbocycles. The van der Waals surface area contributed by atoms with E-state index in [1.54, 1.807) is 29.6 Å². The highest BCUT2D eigenvalue weighted by Gasteiger charge is 2.29. The maximum atomic E-state index is 12.3. The van der Waals surface area contributed by atoms with E-state index in [0.29, 0.717) is 22.1 Å². The van der Waals surface area contributed by atoms with Crippen LogP contribution in [0.1, 0.15) is 28.9 Å². The average molecular weight is 344 g/mol. The van der Waals surface area contributed by atoms with Crippen molar-refractivity contribution in [3.05, 3.63) is 40.9 Å². The molecule has 1 saturated carbocycles. The van der Waals surface area contributed by atoms with Gasteiger partial charge in [-0.05, 0) is 31.0 Å². The van der Waals surface area contributed by atoms with Gasteiger partial charge in [0.05, 0.1) is 12.1 Å². The van der Waals surface area contributed by atoms with E-state index in [4.69, 9.17) is 5.73 Å². The number of hydrogen-bond acceptors (Lipinski definition) is 5. The highest BCUT2D eigenvalue weighted by molar-refractivity contribution is 7.14. The molecule has 1 heterocycles. The van der Waals surface area contributed by atoms with Gasteiger partial charge < -0.3 is 11.1 Å². The highest BCUT2D eigenvalue weighted by atomic mass is 32.1. The van der Waals surface area contributed by atoms with Gasteiger partial charge in [-0.1, -0.05) is 6.07 Å². The minimum atomic E-state index is -0.475. The Labute approximate surface area is 142 Å². The van der Waals surface area contributed by atoms with Crippen LogP contribution in [0.2, 0.25) is 0 Å². The Hall–Kier alpha value is -2.74. The van der Waals surface area contributed by atoms with Crippen LogP contribution in [0, 0.1) is 5.92 Å². The Kier molecular flexibility index (Phi) is 4.57. The van der Waals surface area contributed by atoms with Crippen molar-refractivity contribution in [2.45, 2.75) is 19.3 Å². The number of hydrogen-bond donors (Lipinski definition) is 3. The number of rotatable bonds is 6. The smallest absolute Gasteiger partial charge is 0.257 e. The number of carbonyl (C=O) groups is 3. The van der Waals surface area contributed by atoms with Crippen LogP contribution in [0.15, 0.2) is 29.6 Å². The molecule has 8 heteroatoms. The molecule has 3 amide bonds. The summed E-state index contributed by atoms with van der Waals surface area (Å²) in [5.74, 6) is -0.722. The summed E-state index contributed by atoms with van der Waals surface area (Å²) in [6, 6.07) is 6.72. The molecule has 4 N–H and O–H groups in total. The first-order valence-corrected chi connectivity index (χ1v) is 8.34. The van der Waals surface area contributed by atoms with Crippen molar-refractivity contribution < 1.29 is 14.4 Å². The molecule has 0 saturated heterocycles. The van der Waals surface area contributed by atoms with Crippen molar-refractivity contribution in [2.24, 2.45) is 11.7 Å². The Morgan fingerprint density at radius 1 is 1.25 bits per heavy atom. The van der Waals surface area contributed by atoms with Gasteiger partial charge in [-0.2, -0.15) is 0 Å². The van der Waals surface area contributed by atoms with Gasteiger partial charge in [0, 0.05) is 22.5 Å². The minimum Gasteiger partial charge on any atom is -0.369 e. The lowest BCUT2D eigenvalue weighted by Gasteiger charge is -2.06. The molecule has 0 radical (unpaired) electrons. The van der Waals surface area contributed by atoms with Gasteiger partial charge in [0.2, 0.25) is 11.8 Å². The molecular formula is C16H16N4O3S. The van der Waals surface area contributed by atoms with E-state index in [1.165, 1.54) is 11.3 Å². The topological polar surface area (TPSA) is 114 Å². The normalized spacial score (nSPS) is 13.3. The monoisotopic (exact) mass is 344 g/mol. The molecule has 2 aromatic rings. The van der Waals surface area contributed by atoms with E-state index in [0.717, 1.165) is 12.8 Å². The van der Waals surface area contributed by atoms with Crippen molar-refractivity contribution >= 4 is 39.9 Å². The summed E-state index contributed by atoms with van der Waals surface area (Å²) in [7, 11) is 0. The molecule has 0 spiro atoms. The van der Waals surface area contributed by atoms with Crippen LogP contribution in [-0.2, 0) is 16.0 Å². The lowest BCUT2D eigenvalue weighted by atomic mass is 10.2. The molecule has 1 fully saturated rings. The zero-order valence-electron chi connectivity index (χ0n) is 12.7. The van der Waals surface area contributed by atoms with E-state index in [-0.39, 0.29) is 24.2 Å². The molecule has 0 atom stereocenters. The Bertz CT molecular complexity index is 798. The van der Waals surface area contributed by atoms with Crippen molar-refractivity contribution in [1.82, 2.24) is 4.98 Å². The number of benzene rings is 1. The first kappa shape index (κ1) is 16.1. The Balaban J connectivity index is 1.64. The summed E-state index contributed by atoms with van der Waals surface area (Å²) in [5.41, 5.74) is 6.64. The predicted octanol–water partition coefficient (Wildman–Crippen LogP) is 1.77. The van der Waals surface area contributed by atoms with Gasteiger partial charge in [0.25, 0.3) is 5.91 Å². The van der Waals surface area contributed by atoms with Crippen LogP contribution in [-0.4, -0.2) is 22.7 Å². The van der Waals surface area contributed by atoms with Gasteiger partial charge in [-0.3, -0.25) is 19.7 Å². The second kappa shape index (κ2) is 6.79. The fraction of sp³-hybridized carbons (Fsp3) is 0.250. The highest BCUT2D eigenvalue weighted by Crippen LogP contribution is 2.30. The number of anilines is 2. The molecule has 1 aliphatic rings. The molecule has 0 unspecified atom stereocenters. The lowest BCUT2D eigenvalue weighted by Crippen LogP contribution is -2.16. The van der Waals surface area contributed by atoms with Crippen molar-refractivity contribution in [3.8, 4) is 0 Å². The van der Waals surface area contributed by atoms with Crippen LogP contribution in [0.5, 0.6) is 0 Å². The average Bonchev–Trinajstić information content (AvgIpc) is 3.30. The van der Waals surface area contributed by atoms with Gasteiger partial charge >= 0.3 is 0 Å². The van der Waals surface area contributed by atoms with Crippen LogP contribution in [0.3, 0.4) is 0 Å². The van der Waals surface area contributed by atoms with E-state index in [9.17, 15) is 14.4 Å². The SMILES string of the molecule is NC(=O)Cc1csc(NC(=O)c2cccc(NC(=O)C3CC3)c2)n1. The first-order chi connectivity index (χ1) is 11.5. The molecule has 1 aromatic heterocycles. The zero-order chi connectivity index (χ0) is 17.1. The van der Waals surface area contributed by atoms with E-state index in [1.807, 2.05) is 0 Å². The molecular weight excluding hydrogens is 328 g/mol. The standard InChI is InChI=1S/C16H16N4O3S/c17-13(21)7-12-8-24-16(19-12)20-15(23)10-2-1-3-11(6-10)18-14(22)9-4-5-9/h1-3,6,8-9H,4-5,7H2,(H2,17,21)(H,18,22)(H,19,20,23). The summed E-state index contributed by atoms with van der Waals surface area (Å²) < 4.78 is 0. The van der Waals surface area contributed by atoms with Gasteiger partial charge in [0.15, 0.2) is 5.13 Å². The van der Waals surface area contributed by atoms with Gasteiger partial charge in [-0.15, -0.1) is 11.3 Å². The minimum absolute atomic E-state index is 0.0106. The molecule has 7 nitrogen and oxygen atoms in total. The summed E-state index contributed by atoms with van der Waals surface area (Å²) in [4.78, 5) is 39.1. The Morgan fingerprint density at radius 3 is 2.75 bits per heavy atom. The third-order valence-electron chi connectivity index (χ3n) is 3.47. The first-order valence-electron chi connectivity index (χ1n) is 7.46. The third-order valence-corrected chi connectivity index (χ3v) is 4.27. The second-order valence-electron chi connectivity index (χ2n) is 5.59. The largest absolute Gasteiger partial charge is 0.369 e. The summed E-state index contributed by atoms with van der Waals surface area (Å²) in [6.07, 6.45) is 1.88. The number of thiazole rings is 1. The summed E-state index contributed by atoms with van der Waals surface area (Å²) in [6.45, 7) is 0. The quantitative estimate of drug-likeness (QED) is 0.741. The van der Waals surface area contributed by atoms with Gasteiger partial charge in [-0.25, -0.2) is 4.98 Å². The molecule has 3 rings (SSSR count). The van der Waals surface area contributed by atoms with Crippen LogP contribution >= 0.6 is 11.3 Å². The number of carbonyl (C=O) groups excluding carboxylic acids is 3. The summed E-state index contributed by atoms with van der Waals surface area (Å²) in [5, 5.41) is 7.54.